The van der Waals surface area contributed by atoms with E-state index in [2.05, 4.69) is 5.32 Å². The largest absolute Gasteiger partial charge is 0.348 e. The molecule has 0 aliphatic rings. The van der Waals surface area contributed by atoms with E-state index in [0.717, 1.165) is 27.4 Å². The molecule has 1 heterocycles. The molecule has 2 aromatic carbocycles. The second kappa shape index (κ2) is 7.75. The summed E-state index contributed by atoms with van der Waals surface area (Å²) in [6.07, 6.45) is 0. The number of carbonyl (C=O) groups is 1. The number of nitrogens with zero attached hydrogens (tertiary/aromatic N) is 1. The zero-order valence-electron chi connectivity index (χ0n) is 12.9. The fourth-order valence-corrected chi connectivity index (χ4v) is 3.27. The van der Waals surface area contributed by atoms with E-state index in [1.807, 2.05) is 60.0 Å². The number of nitrogens with one attached hydrogen (secondary N) is 1. The SMILES string of the molecule is O=C(NCc1cccc(-c2nc(-c3ccccc3)cs2)c1)C(Cl)(Cl)Cl. The van der Waals surface area contributed by atoms with Crippen molar-refractivity contribution in [2.24, 2.45) is 0 Å². The molecule has 128 valence electrons. The van der Waals surface area contributed by atoms with Gasteiger partial charge in [-0.3, -0.25) is 4.79 Å². The average molecular weight is 412 g/mol. The molecular formula is C18H13Cl3N2OS. The van der Waals surface area contributed by atoms with Gasteiger partial charge in [0.15, 0.2) is 0 Å². The van der Waals surface area contributed by atoms with Crippen LogP contribution in [0, 0.1) is 0 Å². The Morgan fingerprint density at radius 1 is 1.04 bits per heavy atom. The highest BCUT2D eigenvalue weighted by Gasteiger charge is 2.30. The van der Waals surface area contributed by atoms with Crippen LogP contribution in [-0.2, 0) is 11.3 Å². The molecule has 1 aromatic heterocycles. The van der Waals surface area contributed by atoms with E-state index in [1.54, 1.807) is 11.3 Å². The Morgan fingerprint density at radius 2 is 1.76 bits per heavy atom. The number of benzene rings is 2. The number of amides is 1. The van der Waals surface area contributed by atoms with Gasteiger partial charge in [-0.1, -0.05) is 83.3 Å². The van der Waals surface area contributed by atoms with Crippen LogP contribution in [0.2, 0.25) is 0 Å². The number of carbonyl (C=O) groups excluding carboxylic acids is 1. The van der Waals surface area contributed by atoms with Crippen molar-refractivity contribution in [3.8, 4) is 21.8 Å². The number of hydrogen-bond acceptors (Lipinski definition) is 3. The quantitative estimate of drug-likeness (QED) is 0.579. The Kier molecular flexibility index (Phi) is 5.64. The van der Waals surface area contributed by atoms with Crippen LogP contribution < -0.4 is 5.32 Å². The van der Waals surface area contributed by atoms with Crippen molar-refractivity contribution in [3.63, 3.8) is 0 Å². The summed E-state index contributed by atoms with van der Waals surface area (Å²) in [6.45, 7) is 0.275. The molecule has 0 bridgehead atoms. The van der Waals surface area contributed by atoms with Gasteiger partial charge >= 0.3 is 0 Å². The van der Waals surface area contributed by atoms with E-state index in [1.165, 1.54) is 0 Å². The lowest BCUT2D eigenvalue weighted by Crippen LogP contribution is -2.33. The highest BCUT2D eigenvalue weighted by Crippen LogP contribution is 2.29. The molecule has 7 heteroatoms. The third kappa shape index (κ3) is 4.73. The van der Waals surface area contributed by atoms with Crippen molar-refractivity contribution in [1.29, 1.82) is 0 Å². The van der Waals surface area contributed by atoms with Crippen LogP contribution in [0.1, 0.15) is 5.56 Å². The molecule has 0 unspecified atom stereocenters. The maximum atomic E-state index is 11.6. The fraction of sp³-hybridized carbons (Fsp3) is 0.111. The normalized spacial score (nSPS) is 11.3. The fourth-order valence-electron chi connectivity index (χ4n) is 2.24. The van der Waals surface area contributed by atoms with E-state index in [-0.39, 0.29) is 6.54 Å². The Bertz CT molecular complexity index is 875. The maximum Gasteiger partial charge on any atom is 0.272 e. The van der Waals surface area contributed by atoms with Gasteiger partial charge in [-0.25, -0.2) is 4.98 Å². The van der Waals surface area contributed by atoms with Crippen LogP contribution in [0.3, 0.4) is 0 Å². The first-order valence-corrected chi connectivity index (χ1v) is 9.40. The summed E-state index contributed by atoms with van der Waals surface area (Å²) in [5.41, 5.74) is 3.90. The number of halogens is 3. The van der Waals surface area contributed by atoms with Crippen molar-refractivity contribution < 1.29 is 4.79 Å². The van der Waals surface area contributed by atoms with Crippen LogP contribution >= 0.6 is 46.1 Å². The van der Waals surface area contributed by atoms with Gasteiger partial charge in [-0.2, -0.15) is 0 Å². The van der Waals surface area contributed by atoms with Crippen molar-refractivity contribution in [1.82, 2.24) is 10.3 Å². The smallest absolute Gasteiger partial charge is 0.272 e. The Morgan fingerprint density at radius 3 is 2.48 bits per heavy atom. The molecule has 0 atom stereocenters. The predicted octanol–water partition coefficient (Wildman–Crippen LogP) is 5.46. The summed E-state index contributed by atoms with van der Waals surface area (Å²) in [7, 11) is 0. The zero-order chi connectivity index (χ0) is 17.9. The standard InChI is InChI=1S/C18H13Cl3N2OS/c19-18(20,21)17(24)22-10-12-5-4-8-14(9-12)16-23-15(11-25-16)13-6-2-1-3-7-13/h1-9,11H,10H2,(H,22,24). The lowest BCUT2D eigenvalue weighted by Gasteiger charge is -2.11. The molecule has 1 amide bonds. The third-order valence-electron chi connectivity index (χ3n) is 3.46. The van der Waals surface area contributed by atoms with Gasteiger partial charge in [0.1, 0.15) is 5.01 Å². The molecule has 0 fully saturated rings. The zero-order valence-corrected chi connectivity index (χ0v) is 16.0. The maximum absolute atomic E-state index is 11.6. The number of thiazole rings is 1. The van der Waals surface area contributed by atoms with Gasteiger partial charge in [0.2, 0.25) is 0 Å². The van der Waals surface area contributed by atoms with Gasteiger partial charge in [-0.15, -0.1) is 11.3 Å². The van der Waals surface area contributed by atoms with Crippen molar-refractivity contribution in [2.75, 3.05) is 0 Å². The number of hydrogen-bond donors (Lipinski definition) is 1. The first kappa shape index (κ1) is 18.2. The summed E-state index contributed by atoms with van der Waals surface area (Å²) < 4.78 is -1.96. The van der Waals surface area contributed by atoms with Gasteiger partial charge in [-0.05, 0) is 11.6 Å². The molecular weight excluding hydrogens is 399 g/mol. The molecule has 0 saturated heterocycles. The van der Waals surface area contributed by atoms with Gasteiger partial charge in [0.05, 0.1) is 5.69 Å². The molecule has 3 rings (SSSR count). The van der Waals surface area contributed by atoms with Crippen molar-refractivity contribution >= 4 is 52.0 Å². The second-order valence-corrected chi connectivity index (χ2v) is 8.42. The summed E-state index contributed by atoms with van der Waals surface area (Å²) in [4.78, 5) is 16.3. The second-order valence-electron chi connectivity index (χ2n) is 5.28. The van der Waals surface area contributed by atoms with Gasteiger partial charge in [0.25, 0.3) is 9.70 Å². The molecule has 0 radical (unpaired) electrons. The summed E-state index contributed by atoms with van der Waals surface area (Å²) >= 11 is 18.2. The van der Waals surface area contributed by atoms with Gasteiger partial charge in [0, 0.05) is 23.1 Å². The van der Waals surface area contributed by atoms with E-state index in [0.29, 0.717) is 0 Å². The van der Waals surface area contributed by atoms with Crippen molar-refractivity contribution in [3.05, 3.63) is 65.5 Å². The molecule has 3 aromatic rings. The van der Waals surface area contributed by atoms with Crippen LogP contribution in [0.15, 0.2) is 60.0 Å². The topological polar surface area (TPSA) is 42.0 Å². The Hall–Kier alpha value is -1.59. The molecule has 25 heavy (non-hydrogen) atoms. The number of rotatable bonds is 4. The first-order valence-electron chi connectivity index (χ1n) is 7.39. The van der Waals surface area contributed by atoms with E-state index < -0.39 is 9.70 Å². The lowest BCUT2D eigenvalue weighted by atomic mass is 10.1. The summed E-state index contributed by atoms with van der Waals surface area (Å²) in [5, 5.41) is 5.54. The molecule has 1 N–H and O–H groups in total. The van der Waals surface area contributed by atoms with E-state index in [4.69, 9.17) is 39.8 Å². The van der Waals surface area contributed by atoms with Crippen LogP contribution in [0.4, 0.5) is 0 Å². The van der Waals surface area contributed by atoms with Crippen molar-refractivity contribution in [2.45, 2.75) is 10.3 Å². The van der Waals surface area contributed by atoms with Crippen LogP contribution in [-0.4, -0.2) is 14.7 Å². The summed E-state index contributed by atoms with van der Waals surface area (Å²) in [5.74, 6) is -0.650. The third-order valence-corrected chi connectivity index (χ3v) is 4.86. The van der Waals surface area contributed by atoms with Gasteiger partial charge < -0.3 is 5.32 Å². The molecule has 0 aliphatic heterocycles. The lowest BCUT2D eigenvalue weighted by molar-refractivity contribution is -0.120. The number of alkyl halides is 3. The van der Waals surface area contributed by atoms with Crippen LogP contribution in [0.25, 0.3) is 21.8 Å². The molecule has 0 spiro atoms. The first-order chi connectivity index (χ1) is 11.9. The minimum atomic E-state index is -1.96. The van der Waals surface area contributed by atoms with E-state index in [9.17, 15) is 4.79 Å². The average Bonchev–Trinajstić information content (AvgIpc) is 3.10. The highest BCUT2D eigenvalue weighted by molar-refractivity contribution is 7.13. The summed E-state index contributed by atoms with van der Waals surface area (Å²) in [6, 6.07) is 17.8. The minimum absolute atomic E-state index is 0.275. The predicted molar refractivity (Wildman–Crippen MR) is 105 cm³/mol. The molecule has 0 saturated carbocycles. The monoisotopic (exact) mass is 410 g/mol. The van der Waals surface area contributed by atoms with E-state index >= 15 is 0 Å². The molecule has 3 nitrogen and oxygen atoms in total. The number of aromatic nitrogens is 1. The van der Waals surface area contributed by atoms with Crippen LogP contribution in [0.5, 0.6) is 0 Å². The molecule has 0 aliphatic carbocycles. The highest BCUT2D eigenvalue weighted by atomic mass is 35.6. The Balaban J connectivity index is 1.76. The minimum Gasteiger partial charge on any atom is -0.348 e. The Labute approximate surface area is 164 Å².